The highest BCUT2D eigenvalue weighted by Crippen LogP contribution is 2.25. The molecule has 1 N–H and O–H groups in total. The molecule has 3 nitrogen and oxygen atoms in total. The number of carbonyl (C=O) groups excluding carboxylic acids is 1. The first-order valence-corrected chi connectivity index (χ1v) is 5.86. The highest BCUT2D eigenvalue weighted by molar-refractivity contribution is 6.04. The molecule has 92 valence electrons. The van der Waals surface area contributed by atoms with Crippen molar-refractivity contribution in [2.45, 2.75) is 20.8 Å². The molecule has 0 atom stereocenters. The lowest BCUT2D eigenvalue weighted by molar-refractivity contribution is 0.101. The number of rotatable bonds is 3. The third-order valence-electron chi connectivity index (χ3n) is 3.20. The van der Waals surface area contributed by atoms with Crippen molar-refractivity contribution < 1.29 is 4.79 Å². The third-order valence-corrected chi connectivity index (χ3v) is 3.20. The van der Waals surface area contributed by atoms with Crippen LogP contribution in [0.5, 0.6) is 0 Å². The number of para-hydroxylation sites is 1. The molecule has 0 aliphatic heterocycles. The van der Waals surface area contributed by atoms with Crippen LogP contribution in [-0.2, 0) is 0 Å². The first-order valence-electron chi connectivity index (χ1n) is 5.86. The van der Waals surface area contributed by atoms with Gasteiger partial charge in [0.1, 0.15) is 0 Å². The van der Waals surface area contributed by atoms with Crippen LogP contribution in [0.3, 0.4) is 0 Å². The van der Waals surface area contributed by atoms with Crippen LogP contribution in [0, 0.1) is 19.3 Å². The van der Waals surface area contributed by atoms with Crippen LogP contribution in [0.4, 0.5) is 0 Å². The second-order valence-corrected chi connectivity index (χ2v) is 4.33. The predicted molar refractivity (Wildman–Crippen MR) is 73.1 cm³/mol. The van der Waals surface area contributed by atoms with Gasteiger partial charge in [-0.25, -0.2) is 0 Å². The number of carbonyl (C=O) groups is 1. The summed E-state index contributed by atoms with van der Waals surface area (Å²) >= 11 is 0. The number of nitrogens with one attached hydrogen (secondary N) is 1. The monoisotopic (exact) mass is 240 g/mol. The van der Waals surface area contributed by atoms with Gasteiger partial charge < -0.3 is 9.98 Å². The Morgan fingerprint density at radius 1 is 1.17 bits per heavy atom. The number of ketones is 1. The van der Waals surface area contributed by atoms with E-state index in [1.54, 1.807) is 6.92 Å². The first kappa shape index (κ1) is 12.3. The van der Waals surface area contributed by atoms with Crippen LogP contribution in [0.2, 0.25) is 0 Å². The molecule has 1 aromatic heterocycles. The molecule has 0 spiro atoms. The van der Waals surface area contributed by atoms with E-state index in [0.29, 0.717) is 11.1 Å². The molecular formula is C15H16N2O. The Bertz CT molecular complexity index is 609. The summed E-state index contributed by atoms with van der Waals surface area (Å²) in [6.07, 6.45) is 1.26. The summed E-state index contributed by atoms with van der Waals surface area (Å²) in [6.45, 7) is 5.40. The normalized spacial score (nSPS) is 10.4. The van der Waals surface area contributed by atoms with Gasteiger partial charge in [-0.05, 0) is 32.9 Å². The van der Waals surface area contributed by atoms with Crippen molar-refractivity contribution in [3.8, 4) is 5.69 Å². The van der Waals surface area contributed by atoms with Crippen molar-refractivity contribution >= 4 is 12.0 Å². The number of Topliss-reactive ketones (excluding diaryl/α,β-unsaturated/α-hetero) is 1. The molecule has 1 aromatic carbocycles. The third kappa shape index (κ3) is 1.78. The summed E-state index contributed by atoms with van der Waals surface area (Å²) in [5.74, 6) is 0.00350. The molecule has 0 bridgehead atoms. The lowest BCUT2D eigenvalue weighted by atomic mass is 10.1. The maximum absolute atomic E-state index is 11.7. The molecule has 2 rings (SSSR count). The van der Waals surface area contributed by atoms with Crippen molar-refractivity contribution in [3.63, 3.8) is 0 Å². The van der Waals surface area contributed by atoms with Crippen LogP contribution in [0.15, 0.2) is 30.3 Å². The maximum atomic E-state index is 11.7. The smallest absolute Gasteiger partial charge is 0.162 e. The molecule has 18 heavy (non-hydrogen) atoms. The van der Waals surface area contributed by atoms with Crippen LogP contribution in [-0.4, -0.2) is 16.6 Å². The van der Waals surface area contributed by atoms with Gasteiger partial charge in [-0.15, -0.1) is 0 Å². The number of hydrogen-bond acceptors (Lipinski definition) is 2. The van der Waals surface area contributed by atoms with E-state index in [1.807, 2.05) is 48.7 Å². The summed E-state index contributed by atoms with van der Waals surface area (Å²) in [5.41, 5.74) is 4.20. The van der Waals surface area contributed by atoms with Crippen LogP contribution >= 0.6 is 0 Å². The van der Waals surface area contributed by atoms with Crippen LogP contribution in [0.25, 0.3) is 5.69 Å². The van der Waals surface area contributed by atoms with Gasteiger partial charge in [0.05, 0.1) is 0 Å². The molecule has 3 heteroatoms. The topological polar surface area (TPSA) is 45.9 Å². The van der Waals surface area contributed by atoms with E-state index in [-0.39, 0.29) is 5.78 Å². The predicted octanol–water partition coefficient (Wildman–Crippen LogP) is 3.29. The minimum atomic E-state index is 0.00350. The van der Waals surface area contributed by atoms with Crippen molar-refractivity contribution in [3.05, 3.63) is 52.8 Å². The molecule has 0 radical (unpaired) electrons. The van der Waals surface area contributed by atoms with Gasteiger partial charge in [0.25, 0.3) is 0 Å². The Morgan fingerprint density at radius 3 is 2.22 bits per heavy atom. The van der Waals surface area contributed by atoms with Crippen LogP contribution in [0.1, 0.15) is 34.2 Å². The van der Waals surface area contributed by atoms with Gasteiger partial charge in [0.15, 0.2) is 5.78 Å². The molecule has 0 unspecified atom stereocenters. The molecule has 1 heterocycles. The molecule has 2 aromatic rings. The molecule has 0 aliphatic rings. The number of hydrogen-bond donors (Lipinski definition) is 1. The maximum Gasteiger partial charge on any atom is 0.162 e. The number of benzene rings is 1. The Hall–Kier alpha value is -2.16. The Morgan fingerprint density at radius 2 is 1.78 bits per heavy atom. The van der Waals surface area contributed by atoms with E-state index in [9.17, 15) is 4.79 Å². The zero-order chi connectivity index (χ0) is 13.3. The molecule has 0 saturated carbocycles. The van der Waals surface area contributed by atoms with E-state index in [1.165, 1.54) is 6.21 Å². The molecule has 0 saturated heterocycles. The average Bonchev–Trinajstić information content (AvgIpc) is 2.61. The van der Waals surface area contributed by atoms with E-state index in [4.69, 9.17) is 5.41 Å². The van der Waals surface area contributed by atoms with Crippen molar-refractivity contribution in [1.29, 1.82) is 5.41 Å². The standard InChI is InChI=1S/C15H16N2O/c1-10-14(9-16)15(12(3)18)11(2)17(10)13-7-5-4-6-8-13/h4-9,16H,1-3H3. The zero-order valence-electron chi connectivity index (χ0n) is 10.8. The molecular weight excluding hydrogens is 224 g/mol. The van der Waals surface area contributed by atoms with Crippen LogP contribution < -0.4 is 0 Å². The van der Waals surface area contributed by atoms with Crippen molar-refractivity contribution in [2.75, 3.05) is 0 Å². The lowest BCUT2D eigenvalue weighted by Gasteiger charge is -2.09. The van der Waals surface area contributed by atoms with Crippen molar-refractivity contribution in [1.82, 2.24) is 4.57 Å². The van der Waals surface area contributed by atoms with Gasteiger partial charge in [-0.2, -0.15) is 0 Å². The molecule has 0 amide bonds. The Labute approximate surface area is 107 Å². The van der Waals surface area contributed by atoms with E-state index >= 15 is 0 Å². The fourth-order valence-corrected chi connectivity index (χ4v) is 2.44. The summed E-state index contributed by atoms with van der Waals surface area (Å²) in [4.78, 5) is 11.7. The number of aromatic nitrogens is 1. The summed E-state index contributed by atoms with van der Waals surface area (Å²) in [6, 6.07) is 9.88. The lowest BCUT2D eigenvalue weighted by Crippen LogP contribution is -2.00. The second-order valence-electron chi connectivity index (χ2n) is 4.33. The Balaban J connectivity index is 2.78. The number of nitrogens with zero attached hydrogens (tertiary/aromatic N) is 1. The average molecular weight is 240 g/mol. The Kier molecular flexibility index (Phi) is 3.15. The van der Waals surface area contributed by atoms with Gasteiger partial charge in [0, 0.05) is 34.4 Å². The molecule has 0 fully saturated rings. The van der Waals surface area contributed by atoms with Gasteiger partial charge in [-0.3, -0.25) is 4.79 Å². The van der Waals surface area contributed by atoms with Crippen molar-refractivity contribution in [2.24, 2.45) is 0 Å². The quantitative estimate of drug-likeness (QED) is 0.649. The van der Waals surface area contributed by atoms with E-state index < -0.39 is 0 Å². The van der Waals surface area contributed by atoms with Gasteiger partial charge >= 0.3 is 0 Å². The summed E-state index contributed by atoms with van der Waals surface area (Å²) < 4.78 is 2.02. The molecule has 0 aliphatic carbocycles. The van der Waals surface area contributed by atoms with E-state index in [2.05, 4.69) is 0 Å². The minimum Gasteiger partial charge on any atom is -0.317 e. The fraction of sp³-hybridized carbons (Fsp3) is 0.200. The van der Waals surface area contributed by atoms with Gasteiger partial charge in [0.2, 0.25) is 0 Å². The SMILES string of the molecule is CC(=O)c1c(C=N)c(C)n(-c2ccccc2)c1C. The minimum absolute atomic E-state index is 0.00350. The first-order chi connectivity index (χ1) is 8.57. The summed E-state index contributed by atoms with van der Waals surface area (Å²) in [5, 5.41) is 7.50. The highest BCUT2D eigenvalue weighted by Gasteiger charge is 2.19. The van der Waals surface area contributed by atoms with Gasteiger partial charge in [-0.1, -0.05) is 18.2 Å². The highest BCUT2D eigenvalue weighted by atomic mass is 16.1. The second kappa shape index (κ2) is 4.61. The summed E-state index contributed by atoms with van der Waals surface area (Å²) in [7, 11) is 0. The van der Waals surface area contributed by atoms with E-state index in [0.717, 1.165) is 17.1 Å². The fourth-order valence-electron chi connectivity index (χ4n) is 2.44. The zero-order valence-corrected chi connectivity index (χ0v) is 10.8. The largest absolute Gasteiger partial charge is 0.317 e.